The number of hydrogen-bond acceptors (Lipinski definition) is 6. The summed E-state index contributed by atoms with van der Waals surface area (Å²) in [7, 11) is 3.34. The average molecular weight is 414 g/mol. The highest BCUT2D eigenvalue weighted by Gasteiger charge is 2.14. The highest BCUT2D eigenvalue weighted by molar-refractivity contribution is 8.13. The van der Waals surface area contributed by atoms with Crippen molar-refractivity contribution in [2.24, 2.45) is 0 Å². The van der Waals surface area contributed by atoms with E-state index >= 15 is 0 Å². The Bertz CT molecular complexity index is 1000. The van der Waals surface area contributed by atoms with Crippen LogP contribution in [0.5, 0.6) is 0 Å². The van der Waals surface area contributed by atoms with Crippen molar-refractivity contribution in [3.8, 4) is 11.4 Å². The van der Waals surface area contributed by atoms with Gasteiger partial charge in [0.1, 0.15) is 5.82 Å². The monoisotopic (exact) mass is 414 g/mol. The van der Waals surface area contributed by atoms with Crippen LogP contribution in [0.4, 0.5) is 14.9 Å². The Morgan fingerprint density at radius 2 is 1.86 bits per heavy atom. The number of nitrogens with one attached hydrogen (secondary N) is 1. The Morgan fingerprint density at radius 1 is 1.14 bits per heavy atom. The van der Waals surface area contributed by atoms with Crippen LogP contribution in [0.25, 0.3) is 11.4 Å². The Kier molecular flexibility index (Phi) is 6.61. The van der Waals surface area contributed by atoms with Gasteiger partial charge in [0.2, 0.25) is 17.6 Å². The summed E-state index contributed by atoms with van der Waals surface area (Å²) >= 11 is 1.04. The average Bonchev–Trinajstić information content (AvgIpc) is 3.17. The number of carbonyl (C=O) groups excluding carboxylic acids is 2. The molecule has 0 saturated carbocycles. The number of nitrogens with zero attached hydrogens (tertiary/aromatic N) is 3. The zero-order valence-electron chi connectivity index (χ0n) is 15.9. The quantitative estimate of drug-likeness (QED) is 0.608. The first-order valence-electron chi connectivity index (χ1n) is 8.79. The van der Waals surface area contributed by atoms with Gasteiger partial charge in [0.25, 0.3) is 5.24 Å². The van der Waals surface area contributed by atoms with Crippen molar-refractivity contribution in [1.82, 2.24) is 15.0 Å². The summed E-state index contributed by atoms with van der Waals surface area (Å²) in [5.74, 6) is 0.0611. The van der Waals surface area contributed by atoms with E-state index in [0.29, 0.717) is 27.9 Å². The van der Waals surface area contributed by atoms with E-state index in [1.807, 2.05) is 0 Å². The largest absolute Gasteiger partial charge is 0.339 e. The van der Waals surface area contributed by atoms with Gasteiger partial charge in [0.15, 0.2) is 0 Å². The molecule has 0 aliphatic carbocycles. The fourth-order valence-electron chi connectivity index (χ4n) is 2.35. The van der Waals surface area contributed by atoms with E-state index in [9.17, 15) is 14.0 Å². The fourth-order valence-corrected chi connectivity index (χ4v) is 3.10. The summed E-state index contributed by atoms with van der Waals surface area (Å²) in [6, 6.07) is 12.8. The molecule has 3 aromatic rings. The molecule has 1 N–H and O–H groups in total. The van der Waals surface area contributed by atoms with Crippen LogP contribution in [0.3, 0.4) is 0 Å². The number of rotatable bonds is 6. The number of carbonyl (C=O) groups is 2. The van der Waals surface area contributed by atoms with Gasteiger partial charge in [-0.25, -0.2) is 4.39 Å². The topological polar surface area (TPSA) is 88.3 Å². The van der Waals surface area contributed by atoms with Crippen LogP contribution in [-0.4, -0.2) is 40.3 Å². The Morgan fingerprint density at radius 3 is 2.59 bits per heavy atom. The normalized spacial score (nSPS) is 10.6. The molecular weight excluding hydrogens is 395 g/mol. The van der Waals surface area contributed by atoms with Crippen LogP contribution in [0.2, 0.25) is 0 Å². The lowest BCUT2D eigenvalue weighted by Gasteiger charge is -2.12. The van der Waals surface area contributed by atoms with Crippen LogP contribution in [0.15, 0.2) is 57.9 Å². The molecular formula is C20H19FN4O3S. The van der Waals surface area contributed by atoms with Crippen LogP contribution >= 0.6 is 11.8 Å². The smallest absolute Gasteiger partial charge is 0.286 e. The van der Waals surface area contributed by atoms with Crippen molar-refractivity contribution in [2.45, 2.75) is 17.7 Å². The molecule has 9 heteroatoms. The minimum Gasteiger partial charge on any atom is -0.339 e. The first kappa shape index (κ1) is 20.5. The SMILES string of the molecule is CN(C)C(=O)Sc1ccccc1NC(=O)CCc1nc(-c2ccc(F)cc2)no1. The molecule has 0 saturated heterocycles. The maximum Gasteiger partial charge on any atom is 0.286 e. The number of thioether (sulfide) groups is 1. The van der Waals surface area contributed by atoms with E-state index in [2.05, 4.69) is 15.5 Å². The molecule has 29 heavy (non-hydrogen) atoms. The third kappa shape index (κ3) is 5.64. The maximum absolute atomic E-state index is 13.0. The van der Waals surface area contributed by atoms with Gasteiger partial charge in [0.05, 0.1) is 5.69 Å². The zero-order valence-corrected chi connectivity index (χ0v) is 16.7. The minimum atomic E-state index is -0.347. The van der Waals surface area contributed by atoms with Crippen LogP contribution < -0.4 is 5.32 Å². The molecule has 1 heterocycles. The van der Waals surface area contributed by atoms with E-state index < -0.39 is 0 Å². The molecule has 0 aliphatic rings. The molecule has 3 rings (SSSR count). The van der Waals surface area contributed by atoms with Crippen molar-refractivity contribution < 1.29 is 18.5 Å². The predicted octanol–water partition coefficient (Wildman–Crippen LogP) is 4.22. The number of halogens is 1. The molecule has 0 atom stereocenters. The van der Waals surface area contributed by atoms with Gasteiger partial charge in [-0.3, -0.25) is 9.59 Å². The second-order valence-corrected chi connectivity index (χ2v) is 7.32. The number of amides is 2. The van der Waals surface area contributed by atoms with Gasteiger partial charge >= 0.3 is 0 Å². The summed E-state index contributed by atoms with van der Waals surface area (Å²) in [6.45, 7) is 0. The first-order chi connectivity index (χ1) is 13.9. The van der Waals surface area contributed by atoms with E-state index in [1.165, 1.54) is 17.0 Å². The van der Waals surface area contributed by atoms with Gasteiger partial charge in [-0.1, -0.05) is 17.3 Å². The van der Waals surface area contributed by atoms with Gasteiger partial charge < -0.3 is 14.7 Å². The molecule has 0 aliphatic heterocycles. The molecule has 150 valence electrons. The van der Waals surface area contributed by atoms with Gasteiger partial charge in [-0.2, -0.15) is 4.98 Å². The molecule has 0 radical (unpaired) electrons. The lowest BCUT2D eigenvalue weighted by Crippen LogP contribution is -2.17. The van der Waals surface area contributed by atoms with Crippen LogP contribution in [-0.2, 0) is 11.2 Å². The third-order valence-electron chi connectivity index (χ3n) is 3.86. The van der Waals surface area contributed by atoms with E-state index in [4.69, 9.17) is 4.52 Å². The Labute approximate surface area is 171 Å². The first-order valence-corrected chi connectivity index (χ1v) is 9.60. The molecule has 0 unspecified atom stereocenters. The Balaban J connectivity index is 1.58. The van der Waals surface area contributed by atoms with Crippen molar-refractivity contribution in [3.63, 3.8) is 0 Å². The van der Waals surface area contributed by atoms with Crippen molar-refractivity contribution in [2.75, 3.05) is 19.4 Å². The van der Waals surface area contributed by atoms with Crippen molar-refractivity contribution in [1.29, 1.82) is 0 Å². The number of benzene rings is 2. The lowest BCUT2D eigenvalue weighted by molar-refractivity contribution is -0.116. The summed E-state index contributed by atoms with van der Waals surface area (Å²) in [5.41, 5.74) is 1.19. The molecule has 2 aromatic carbocycles. The Hall–Kier alpha value is -3.20. The van der Waals surface area contributed by atoms with Gasteiger partial charge in [-0.15, -0.1) is 0 Å². The lowest BCUT2D eigenvalue weighted by atomic mass is 10.2. The molecule has 0 spiro atoms. The highest BCUT2D eigenvalue weighted by atomic mass is 32.2. The second kappa shape index (κ2) is 9.33. The number of aromatic nitrogens is 2. The summed E-state index contributed by atoms with van der Waals surface area (Å²) in [4.78, 5) is 30.6. The zero-order chi connectivity index (χ0) is 20.8. The van der Waals surface area contributed by atoms with E-state index in [0.717, 1.165) is 11.8 Å². The summed E-state index contributed by atoms with van der Waals surface area (Å²) in [6.07, 6.45) is 0.387. The van der Waals surface area contributed by atoms with Gasteiger partial charge in [-0.05, 0) is 48.2 Å². The summed E-state index contributed by atoms with van der Waals surface area (Å²) < 4.78 is 18.2. The third-order valence-corrected chi connectivity index (χ3v) is 4.98. The predicted molar refractivity (Wildman–Crippen MR) is 108 cm³/mol. The minimum absolute atomic E-state index is 0.131. The number of aryl methyl sites for hydroxylation is 1. The number of hydrogen-bond donors (Lipinski definition) is 1. The van der Waals surface area contributed by atoms with Crippen molar-refractivity contribution in [3.05, 3.63) is 60.2 Å². The fraction of sp³-hybridized carbons (Fsp3) is 0.200. The molecule has 1 aromatic heterocycles. The van der Waals surface area contributed by atoms with Crippen LogP contribution in [0.1, 0.15) is 12.3 Å². The van der Waals surface area contributed by atoms with Gasteiger partial charge in [0, 0.05) is 37.4 Å². The standard InChI is InChI=1S/C20H19FN4O3S/c1-25(2)20(27)29-16-6-4-3-5-15(16)22-17(26)11-12-18-23-19(24-28-18)13-7-9-14(21)10-8-13/h3-10H,11-12H2,1-2H3,(H,22,26). The van der Waals surface area contributed by atoms with E-state index in [-0.39, 0.29) is 29.8 Å². The number of anilines is 1. The number of para-hydroxylation sites is 1. The highest BCUT2D eigenvalue weighted by Crippen LogP contribution is 2.28. The molecule has 2 amide bonds. The molecule has 0 bridgehead atoms. The van der Waals surface area contributed by atoms with Crippen molar-refractivity contribution >= 4 is 28.6 Å². The summed E-state index contributed by atoms with van der Waals surface area (Å²) in [5, 5.41) is 6.53. The van der Waals surface area contributed by atoms with E-state index in [1.54, 1.807) is 50.5 Å². The molecule has 0 fully saturated rings. The molecule has 7 nitrogen and oxygen atoms in total. The second-order valence-electron chi connectivity index (χ2n) is 6.33. The maximum atomic E-state index is 13.0. The van der Waals surface area contributed by atoms with Crippen LogP contribution in [0, 0.1) is 5.82 Å².